The van der Waals surface area contributed by atoms with Crippen molar-refractivity contribution in [2.24, 2.45) is 0 Å². The summed E-state index contributed by atoms with van der Waals surface area (Å²) < 4.78 is 35.9. The fraction of sp³-hybridized carbons (Fsp3) is 0.227. The molecule has 0 unspecified atom stereocenters. The molecule has 0 saturated heterocycles. The van der Waals surface area contributed by atoms with Gasteiger partial charge in [0.25, 0.3) is 0 Å². The average Bonchev–Trinajstić information content (AvgIpc) is 3.05. The van der Waals surface area contributed by atoms with Crippen molar-refractivity contribution >= 4 is 16.1 Å². The summed E-state index contributed by atoms with van der Waals surface area (Å²) in [5.74, 6) is 0.694. The zero-order chi connectivity index (χ0) is 20.6. The van der Waals surface area contributed by atoms with Crippen LogP contribution in [0.25, 0.3) is 11.8 Å². The molecule has 2 aromatic carbocycles. The van der Waals surface area contributed by atoms with E-state index in [1.807, 2.05) is 80.1 Å². The number of sulfonamides is 1. The molecule has 1 N–H and O–H groups in total. The van der Waals surface area contributed by atoms with Gasteiger partial charge in [-0.3, -0.25) is 0 Å². The molecule has 6 nitrogen and oxygen atoms in total. The minimum absolute atomic E-state index is 0.0237. The first kappa shape index (κ1) is 19.4. The number of ether oxygens (including phenoxy) is 1. The second-order valence-electron chi connectivity index (χ2n) is 7.21. The molecule has 3 aromatic rings. The van der Waals surface area contributed by atoms with E-state index >= 15 is 0 Å². The molecule has 1 aliphatic rings. The summed E-state index contributed by atoms with van der Waals surface area (Å²) in [5.41, 5.74) is 4.58. The molecule has 0 saturated carbocycles. The van der Waals surface area contributed by atoms with Gasteiger partial charge in [-0.15, -0.1) is 0 Å². The maximum Gasteiger partial charge on any atom is 0.240 e. The molecular formula is C22H23N3O3S. The number of nitrogens with zero attached hydrogens (tertiary/aromatic N) is 2. The number of aromatic nitrogens is 2. The van der Waals surface area contributed by atoms with E-state index in [9.17, 15) is 8.42 Å². The number of benzene rings is 2. The molecule has 4 rings (SSSR count). The van der Waals surface area contributed by atoms with Crippen LogP contribution < -0.4 is 9.46 Å². The highest BCUT2D eigenvalue weighted by Crippen LogP contribution is 2.28. The van der Waals surface area contributed by atoms with Crippen molar-refractivity contribution in [1.82, 2.24) is 14.5 Å². The van der Waals surface area contributed by atoms with Crippen LogP contribution in [-0.2, 0) is 10.0 Å². The largest absolute Gasteiger partial charge is 0.487 e. The quantitative estimate of drug-likeness (QED) is 0.694. The number of fused-ring (bicyclic) bond motifs is 1. The van der Waals surface area contributed by atoms with E-state index in [1.54, 1.807) is 6.08 Å². The van der Waals surface area contributed by atoms with E-state index in [0.717, 1.165) is 28.2 Å². The number of para-hydroxylation sites is 1. The lowest BCUT2D eigenvalue weighted by atomic mass is 10.1. The van der Waals surface area contributed by atoms with Gasteiger partial charge in [-0.1, -0.05) is 30.3 Å². The minimum Gasteiger partial charge on any atom is -0.487 e. The summed E-state index contributed by atoms with van der Waals surface area (Å²) in [6.07, 6.45) is 1.67. The van der Waals surface area contributed by atoms with Crippen molar-refractivity contribution < 1.29 is 13.2 Å². The van der Waals surface area contributed by atoms with Crippen LogP contribution in [-0.4, -0.2) is 24.8 Å². The first-order valence-electron chi connectivity index (χ1n) is 9.42. The second-order valence-corrected chi connectivity index (χ2v) is 8.98. The first-order chi connectivity index (χ1) is 13.8. The second kappa shape index (κ2) is 7.50. The van der Waals surface area contributed by atoms with Gasteiger partial charge in [0, 0.05) is 17.3 Å². The Morgan fingerprint density at radius 2 is 1.83 bits per heavy atom. The predicted molar refractivity (Wildman–Crippen MR) is 113 cm³/mol. The number of hydrogen-bond acceptors (Lipinski definition) is 4. The monoisotopic (exact) mass is 409 g/mol. The van der Waals surface area contributed by atoms with Crippen molar-refractivity contribution in [3.8, 4) is 11.4 Å². The van der Waals surface area contributed by atoms with E-state index in [2.05, 4.69) is 9.82 Å². The van der Waals surface area contributed by atoms with Gasteiger partial charge in [0.05, 0.1) is 16.3 Å². The summed E-state index contributed by atoms with van der Waals surface area (Å²) in [4.78, 5) is 0.224. The summed E-state index contributed by atoms with van der Waals surface area (Å²) in [7, 11) is -3.67. The standard InChI is InChI=1S/C22H23N3O3S/c1-15-12-16(2)25(23-15)20-10-8-18(9-11-20)17(3)24-29(26,27)21-13-19-6-4-5-7-22(19)28-14-21/h4-13,17,24H,14H2,1-3H3/t17-/m1/s1. The molecule has 1 aliphatic heterocycles. The van der Waals surface area contributed by atoms with Crippen molar-refractivity contribution in [3.05, 3.63) is 82.0 Å². The van der Waals surface area contributed by atoms with Gasteiger partial charge < -0.3 is 4.74 Å². The molecule has 1 atom stereocenters. The zero-order valence-corrected chi connectivity index (χ0v) is 17.4. The lowest BCUT2D eigenvalue weighted by Gasteiger charge is -2.20. The maximum atomic E-state index is 12.8. The van der Waals surface area contributed by atoms with E-state index in [-0.39, 0.29) is 17.6 Å². The Labute approximate surface area is 170 Å². The maximum absolute atomic E-state index is 12.8. The van der Waals surface area contributed by atoms with Crippen LogP contribution >= 0.6 is 0 Å². The van der Waals surface area contributed by atoms with Crippen LogP contribution in [0.5, 0.6) is 5.75 Å². The Balaban J connectivity index is 1.52. The van der Waals surface area contributed by atoms with Crippen LogP contribution in [0.3, 0.4) is 0 Å². The molecule has 29 heavy (non-hydrogen) atoms. The SMILES string of the molecule is Cc1cc(C)n(-c2ccc([C@@H](C)NS(=O)(=O)C3=Cc4ccccc4OC3)cc2)n1. The van der Waals surface area contributed by atoms with Gasteiger partial charge in [-0.2, -0.15) is 5.10 Å². The molecule has 0 spiro atoms. The molecule has 2 heterocycles. The Morgan fingerprint density at radius 3 is 2.52 bits per heavy atom. The van der Waals surface area contributed by atoms with Gasteiger partial charge in [0.1, 0.15) is 12.4 Å². The summed E-state index contributed by atoms with van der Waals surface area (Å²) in [5, 5.41) is 4.48. The number of rotatable bonds is 5. The van der Waals surface area contributed by atoms with Gasteiger partial charge in [-0.05, 0) is 56.7 Å². The van der Waals surface area contributed by atoms with Crippen LogP contribution in [0, 0.1) is 13.8 Å². The van der Waals surface area contributed by atoms with E-state index < -0.39 is 10.0 Å². The fourth-order valence-electron chi connectivity index (χ4n) is 3.42. The molecule has 7 heteroatoms. The molecule has 1 aromatic heterocycles. The van der Waals surface area contributed by atoms with Crippen molar-refractivity contribution in [3.63, 3.8) is 0 Å². The molecule has 0 fully saturated rings. The van der Waals surface area contributed by atoms with E-state index in [0.29, 0.717) is 5.75 Å². The topological polar surface area (TPSA) is 73.2 Å². The third kappa shape index (κ3) is 3.97. The molecule has 0 bridgehead atoms. The number of aryl methyl sites for hydroxylation is 2. The third-order valence-corrected chi connectivity index (χ3v) is 6.52. The van der Waals surface area contributed by atoms with E-state index in [4.69, 9.17) is 4.74 Å². The Kier molecular flexibility index (Phi) is 5.02. The predicted octanol–water partition coefficient (Wildman–Crippen LogP) is 3.90. The first-order valence-corrected chi connectivity index (χ1v) is 10.9. The number of hydrogen-bond donors (Lipinski definition) is 1. The summed E-state index contributed by atoms with van der Waals surface area (Å²) in [6.45, 7) is 5.81. The number of nitrogens with one attached hydrogen (secondary N) is 1. The highest BCUT2D eigenvalue weighted by atomic mass is 32.2. The van der Waals surface area contributed by atoms with Crippen LogP contribution in [0.4, 0.5) is 0 Å². The lowest BCUT2D eigenvalue weighted by molar-refractivity contribution is 0.353. The molecule has 0 radical (unpaired) electrons. The van der Waals surface area contributed by atoms with Gasteiger partial charge in [0.15, 0.2) is 0 Å². The van der Waals surface area contributed by atoms with Crippen LogP contribution in [0.1, 0.15) is 35.5 Å². The normalized spacial score (nSPS) is 14.7. The highest BCUT2D eigenvalue weighted by molar-refractivity contribution is 7.93. The molecule has 0 amide bonds. The fourth-order valence-corrected chi connectivity index (χ4v) is 4.67. The molecular weight excluding hydrogens is 386 g/mol. The Hall–Kier alpha value is -2.90. The Bertz CT molecular complexity index is 1180. The summed E-state index contributed by atoms with van der Waals surface area (Å²) >= 11 is 0. The average molecular weight is 410 g/mol. The van der Waals surface area contributed by atoms with Crippen molar-refractivity contribution in [1.29, 1.82) is 0 Å². The lowest BCUT2D eigenvalue weighted by Crippen LogP contribution is -2.30. The van der Waals surface area contributed by atoms with Gasteiger partial charge in [-0.25, -0.2) is 17.8 Å². The third-order valence-electron chi connectivity index (χ3n) is 4.93. The summed E-state index contributed by atoms with van der Waals surface area (Å²) in [6, 6.07) is 16.7. The van der Waals surface area contributed by atoms with E-state index in [1.165, 1.54) is 0 Å². The van der Waals surface area contributed by atoms with Crippen molar-refractivity contribution in [2.45, 2.75) is 26.8 Å². The van der Waals surface area contributed by atoms with Crippen molar-refractivity contribution in [2.75, 3.05) is 6.61 Å². The van der Waals surface area contributed by atoms with Crippen LogP contribution in [0.15, 0.2) is 59.5 Å². The van der Waals surface area contributed by atoms with Gasteiger partial charge >= 0.3 is 0 Å². The Morgan fingerprint density at radius 1 is 1.10 bits per heavy atom. The zero-order valence-electron chi connectivity index (χ0n) is 16.6. The van der Waals surface area contributed by atoms with Gasteiger partial charge in [0.2, 0.25) is 10.0 Å². The smallest absolute Gasteiger partial charge is 0.240 e. The molecule has 0 aliphatic carbocycles. The minimum atomic E-state index is -3.67. The highest BCUT2D eigenvalue weighted by Gasteiger charge is 2.25. The van der Waals surface area contributed by atoms with Crippen LogP contribution in [0.2, 0.25) is 0 Å². The molecule has 150 valence electrons.